The van der Waals surface area contributed by atoms with E-state index in [0.717, 1.165) is 12.1 Å². The maximum atomic E-state index is 3.60. The van der Waals surface area contributed by atoms with Gasteiger partial charge in [0.2, 0.25) is 0 Å². The number of hydrogen-bond donors (Lipinski definition) is 1. The van der Waals surface area contributed by atoms with Crippen LogP contribution in [0.25, 0.3) is 0 Å². The normalized spacial score (nSPS) is 27.5. The summed E-state index contributed by atoms with van der Waals surface area (Å²) in [7, 11) is 0. The Kier molecular flexibility index (Phi) is 3.99. The minimum Gasteiger partial charge on any atom is -0.314 e. The Hall–Kier alpha value is -0.120. The second-order valence-corrected chi connectivity index (χ2v) is 6.04. The summed E-state index contributed by atoms with van der Waals surface area (Å²) in [5.41, 5.74) is 0. The Morgan fingerprint density at radius 1 is 0.882 bits per heavy atom. The molecular weight excluding hydrogens is 210 g/mol. The van der Waals surface area contributed by atoms with Crippen LogP contribution >= 0.6 is 0 Å². The number of nitrogens with one attached hydrogen (secondary N) is 1. The molecule has 0 aromatic carbocycles. The maximum Gasteiger partial charge on any atom is 0.0113 e. The van der Waals surface area contributed by atoms with Crippen molar-refractivity contribution >= 4 is 0 Å². The molecule has 1 saturated heterocycles. The van der Waals surface area contributed by atoms with Gasteiger partial charge in [-0.3, -0.25) is 4.90 Å². The van der Waals surface area contributed by atoms with Gasteiger partial charge in [0, 0.05) is 38.3 Å². The van der Waals surface area contributed by atoms with Crippen LogP contribution in [0.3, 0.4) is 0 Å². The number of hydrogen-bond acceptors (Lipinski definition) is 3. The number of unbranched alkanes of at least 4 members (excludes halogenated alkanes) is 1. The van der Waals surface area contributed by atoms with Gasteiger partial charge in [0.25, 0.3) is 0 Å². The van der Waals surface area contributed by atoms with Crippen molar-refractivity contribution in [3.8, 4) is 0 Å². The highest BCUT2D eigenvalue weighted by molar-refractivity contribution is 4.87. The summed E-state index contributed by atoms with van der Waals surface area (Å²) in [4.78, 5) is 5.36. The molecule has 3 fully saturated rings. The molecule has 3 heteroatoms. The minimum atomic E-state index is 0.886. The van der Waals surface area contributed by atoms with E-state index in [2.05, 4.69) is 15.1 Å². The van der Waals surface area contributed by atoms with Gasteiger partial charge in [-0.15, -0.1) is 0 Å². The third-order valence-corrected chi connectivity index (χ3v) is 4.38. The van der Waals surface area contributed by atoms with Crippen molar-refractivity contribution in [2.24, 2.45) is 0 Å². The largest absolute Gasteiger partial charge is 0.314 e. The molecule has 98 valence electrons. The monoisotopic (exact) mass is 237 g/mol. The molecule has 2 aliphatic carbocycles. The second kappa shape index (κ2) is 5.68. The van der Waals surface area contributed by atoms with Crippen LogP contribution in [-0.2, 0) is 0 Å². The smallest absolute Gasteiger partial charge is 0.0113 e. The first kappa shape index (κ1) is 11.9. The predicted molar refractivity (Wildman–Crippen MR) is 71.3 cm³/mol. The van der Waals surface area contributed by atoms with Gasteiger partial charge in [0.15, 0.2) is 0 Å². The van der Waals surface area contributed by atoms with Crippen molar-refractivity contribution in [2.45, 2.75) is 50.6 Å². The minimum absolute atomic E-state index is 0.886. The molecule has 0 unspecified atom stereocenters. The average molecular weight is 237 g/mol. The molecule has 3 nitrogen and oxygen atoms in total. The van der Waals surface area contributed by atoms with Gasteiger partial charge >= 0.3 is 0 Å². The molecular formula is C14H27N3. The van der Waals surface area contributed by atoms with E-state index in [0.29, 0.717) is 0 Å². The highest BCUT2D eigenvalue weighted by atomic mass is 15.3. The van der Waals surface area contributed by atoms with Crippen LogP contribution in [0.15, 0.2) is 0 Å². The van der Waals surface area contributed by atoms with Crippen molar-refractivity contribution in [1.82, 2.24) is 15.1 Å². The molecule has 0 radical (unpaired) electrons. The third kappa shape index (κ3) is 3.94. The second-order valence-electron chi connectivity index (χ2n) is 6.04. The zero-order chi connectivity index (χ0) is 11.5. The first-order valence-corrected chi connectivity index (χ1v) is 7.61. The molecule has 0 bridgehead atoms. The van der Waals surface area contributed by atoms with E-state index >= 15 is 0 Å². The van der Waals surface area contributed by atoms with Crippen molar-refractivity contribution in [3.05, 3.63) is 0 Å². The molecule has 1 aliphatic heterocycles. The summed E-state index contributed by atoms with van der Waals surface area (Å²) in [6.07, 6.45) is 8.51. The summed E-state index contributed by atoms with van der Waals surface area (Å²) in [6, 6.07) is 1.86. The van der Waals surface area contributed by atoms with Gasteiger partial charge < -0.3 is 10.2 Å². The van der Waals surface area contributed by atoms with Crippen molar-refractivity contribution in [1.29, 1.82) is 0 Å². The molecule has 1 heterocycles. The Labute approximate surface area is 106 Å². The zero-order valence-corrected chi connectivity index (χ0v) is 11.0. The summed E-state index contributed by atoms with van der Waals surface area (Å²) >= 11 is 0. The first-order chi connectivity index (χ1) is 8.42. The molecule has 0 amide bonds. The summed E-state index contributed by atoms with van der Waals surface area (Å²) in [6.45, 7) is 7.84. The van der Waals surface area contributed by atoms with Gasteiger partial charge in [-0.2, -0.15) is 0 Å². The zero-order valence-electron chi connectivity index (χ0n) is 11.0. The lowest BCUT2D eigenvalue weighted by atomic mass is 10.2. The van der Waals surface area contributed by atoms with Crippen LogP contribution in [-0.4, -0.2) is 61.2 Å². The van der Waals surface area contributed by atoms with Crippen LogP contribution in [0.2, 0.25) is 0 Å². The highest BCUT2D eigenvalue weighted by Gasteiger charge is 2.30. The molecule has 3 rings (SSSR count). The third-order valence-electron chi connectivity index (χ3n) is 4.38. The fraction of sp³-hybridized carbons (Fsp3) is 1.00. The van der Waals surface area contributed by atoms with Crippen LogP contribution < -0.4 is 5.32 Å². The van der Waals surface area contributed by atoms with Crippen LogP contribution in [0.4, 0.5) is 0 Å². The van der Waals surface area contributed by atoms with E-state index < -0.39 is 0 Å². The van der Waals surface area contributed by atoms with E-state index in [-0.39, 0.29) is 0 Å². The van der Waals surface area contributed by atoms with E-state index in [4.69, 9.17) is 0 Å². The lowest BCUT2D eigenvalue weighted by molar-refractivity contribution is 0.125. The quantitative estimate of drug-likeness (QED) is 0.673. The maximum absolute atomic E-state index is 3.60. The van der Waals surface area contributed by atoms with Crippen molar-refractivity contribution < 1.29 is 0 Å². The SMILES string of the molecule is C(CCN1CCN(C2CC2)CC1)CNC1CC1. The van der Waals surface area contributed by atoms with E-state index in [9.17, 15) is 0 Å². The number of rotatable bonds is 7. The molecule has 3 aliphatic rings. The predicted octanol–water partition coefficient (Wildman–Crippen LogP) is 1.30. The summed E-state index contributed by atoms with van der Waals surface area (Å²) in [5.74, 6) is 0. The average Bonchev–Trinajstić information content (AvgIpc) is 3.23. The number of nitrogens with zero attached hydrogens (tertiary/aromatic N) is 2. The lowest BCUT2D eigenvalue weighted by Gasteiger charge is -2.34. The highest BCUT2D eigenvalue weighted by Crippen LogP contribution is 2.27. The van der Waals surface area contributed by atoms with Gasteiger partial charge in [-0.05, 0) is 51.6 Å². The van der Waals surface area contributed by atoms with E-state index in [1.165, 1.54) is 77.8 Å². The molecule has 17 heavy (non-hydrogen) atoms. The molecule has 0 aromatic heterocycles. The van der Waals surface area contributed by atoms with Gasteiger partial charge in [0.1, 0.15) is 0 Å². The van der Waals surface area contributed by atoms with E-state index in [1.807, 2.05) is 0 Å². The Bertz CT molecular complexity index is 228. The molecule has 0 atom stereocenters. The fourth-order valence-corrected chi connectivity index (χ4v) is 2.85. The van der Waals surface area contributed by atoms with Crippen LogP contribution in [0.5, 0.6) is 0 Å². The van der Waals surface area contributed by atoms with Crippen molar-refractivity contribution in [3.63, 3.8) is 0 Å². The topological polar surface area (TPSA) is 18.5 Å². The Morgan fingerprint density at radius 2 is 1.65 bits per heavy atom. The molecule has 2 saturated carbocycles. The molecule has 1 N–H and O–H groups in total. The summed E-state index contributed by atoms with van der Waals surface area (Å²) in [5, 5.41) is 3.60. The van der Waals surface area contributed by atoms with Gasteiger partial charge in [-0.25, -0.2) is 0 Å². The summed E-state index contributed by atoms with van der Waals surface area (Å²) < 4.78 is 0. The Balaban J connectivity index is 1.20. The Morgan fingerprint density at radius 3 is 2.29 bits per heavy atom. The number of piperazine rings is 1. The molecule has 0 spiro atoms. The van der Waals surface area contributed by atoms with E-state index in [1.54, 1.807) is 0 Å². The van der Waals surface area contributed by atoms with Crippen LogP contribution in [0.1, 0.15) is 38.5 Å². The standard InChI is InChI=1S/C14H27N3/c1(7-15-13-3-4-13)2-8-16-9-11-17(12-10-16)14-5-6-14/h13-15H,1-12H2. The van der Waals surface area contributed by atoms with Gasteiger partial charge in [0.05, 0.1) is 0 Å². The van der Waals surface area contributed by atoms with Crippen LogP contribution in [0, 0.1) is 0 Å². The van der Waals surface area contributed by atoms with Crippen molar-refractivity contribution in [2.75, 3.05) is 39.3 Å². The van der Waals surface area contributed by atoms with Gasteiger partial charge in [-0.1, -0.05) is 0 Å². The molecule has 0 aromatic rings. The fourth-order valence-electron chi connectivity index (χ4n) is 2.85. The first-order valence-electron chi connectivity index (χ1n) is 7.61. The lowest BCUT2D eigenvalue weighted by Crippen LogP contribution is -2.47.